The standard InChI is InChI=1S/C20H23N3O2S/c1-14-5-8-18(26-14)13-22(12-16-4-2-3-9-21-16)20(25)15-10-19(24)23(11-15)17-6-7-17/h2-5,8-9,15,17H,6-7,10-13H2,1H3. The van der Waals surface area contributed by atoms with Crippen molar-refractivity contribution in [1.82, 2.24) is 14.8 Å². The van der Waals surface area contributed by atoms with Crippen molar-refractivity contribution < 1.29 is 9.59 Å². The topological polar surface area (TPSA) is 53.5 Å². The summed E-state index contributed by atoms with van der Waals surface area (Å²) >= 11 is 1.71. The van der Waals surface area contributed by atoms with Crippen LogP contribution in [0.25, 0.3) is 0 Å². The zero-order valence-electron chi connectivity index (χ0n) is 14.9. The molecular weight excluding hydrogens is 346 g/mol. The summed E-state index contributed by atoms with van der Waals surface area (Å²) in [6.07, 6.45) is 4.26. The van der Waals surface area contributed by atoms with Crippen molar-refractivity contribution in [3.05, 3.63) is 52.0 Å². The van der Waals surface area contributed by atoms with Gasteiger partial charge in [0, 0.05) is 35.0 Å². The number of carbonyl (C=O) groups is 2. The third-order valence-electron chi connectivity index (χ3n) is 5.03. The Morgan fingerprint density at radius 3 is 2.77 bits per heavy atom. The minimum atomic E-state index is -0.229. The van der Waals surface area contributed by atoms with Crippen molar-refractivity contribution in [1.29, 1.82) is 0 Å². The summed E-state index contributed by atoms with van der Waals surface area (Å²) in [5, 5.41) is 0. The molecule has 0 spiro atoms. The van der Waals surface area contributed by atoms with Crippen molar-refractivity contribution in [3.8, 4) is 0 Å². The predicted octanol–water partition coefficient (Wildman–Crippen LogP) is 2.99. The molecule has 4 rings (SSSR count). The monoisotopic (exact) mass is 369 g/mol. The molecule has 1 atom stereocenters. The predicted molar refractivity (Wildman–Crippen MR) is 100 cm³/mol. The van der Waals surface area contributed by atoms with E-state index < -0.39 is 0 Å². The highest BCUT2D eigenvalue weighted by molar-refractivity contribution is 7.11. The van der Waals surface area contributed by atoms with Crippen molar-refractivity contribution >= 4 is 23.2 Å². The van der Waals surface area contributed by atoms with Gasteiger partial charge in [0.05, 0.1) is 24.7 Å². The lowest BCUT2D eigenvalue weighted by molar-refractivity contribution is -0.137. The van der Waals surface area contributed by atoms with Gasteiger partial charge >= 0.3 is 0 Å². The number of hydrogen-bond donors (Lipinski definition) is 0. The van der Waals surface area contributed by atoms with Crippen molar-refractivity contribution in [2.24, 2.45) is 5.92 Å². The molecule has 2 aromatic heterocycles. The van der Waals surface area contributed by atoms with E-state index in [0.717, 1.165) is 23.4 Å². The van der Waals surface area contributed by atoms with Gasteiger partial charge in [0.25, 0.3) is 0 Å². The molecule has 2 aromatic rings. The summed E-state index contributed by atoms with van der Waals surface area (Å²) < 4.78 is 0. The zero-order chi connectivity index (χ0) is 18.1. The Labute approximate surface area is 157 Å². The lowest BCUT2D eigenvalue weighted by Gasteiger charge is -2.25. The van der Waals surface area contributed by atoms with Crippen molar-refractivity contribution in [2.45, 2.75) is 45.3 Å². The van der Waals surface area contributed by atoms with E-state index in [1.807, 2.05) is 28.0 Å². The minimum absolute atomic E-state index is 0.0678. The SMILES string of the molecule is Cc1ccc(CN(Cc2ccccn2)C(=O)C2CC(=O)N(C3CC3)C2)s1. The second-order valence-electron chi connectivity index (χ2n) is 7.21. The van der Waals surface area contributed by atoms with E-state index in [0.29, 0.717) is 32.1 Å². The Morgan fingerprint density at radius 2 is 2.12 bits per heavy atom. The molecule has 0 N–H and O–H groups in total. The van der Waals surface area contributed by atoms with Gasteiger partial charge in [0.1, 0.15) is 0 Å². The maximum absolute atomic E-state index is 13.2. The van der Waals surface area contributed by atoms with Gasteiger partial charge in [-0.2, -0.15) is 0 Å². The molecule has 136 valence electrons. The van der Waals surface area contributed by atoms with Gasteiger partial charge in [-0.15, -0.1) is 11.3 Å². The Bertz CT molecular complexity index is 800. The summed E-state index contributed by atoms with van der Waals surface area (Å²) in [5.74, 6) is -0.0262. The average Bonchev–Trinajstić information content (AvgIpc) is 3.29. The Hall–Kier alpha value is -2.21. The van der Waals surface area contributed by atoms with Crippen LogP contribution in [0.1, 0.15) is 34.7 Å². The fourth-order valence-electron chi connectivity index (χ4n) is 3.55. The van der Waals surface area contributed by atoms with Crippen LogP contribution in [0.4, 0.5) is 0 Å². The second kappa shape index (κ2) is 7.19. The molecule has 2 amide bonds. The number of aromatic nitrogens is 1. The number of nitrogens with zero attached hydrogens (tertiary/aromatic N) is 3. The van der Waals surface area contributed by atoms with Gasteiger partial charge in [-0.3, -0.25) is 14.6 Å². The van der Waals surface area contributed by atoms with Gasteiger partial charge in [-0.05, 0) is 44.0 Å². The van der Waals surface area contributed by atoms with Crippen LogP contribution >= 0.6 is 11.3 Å². The molecule has 1 aliphatic carbocycles. The van der Waals surface area contributed by atoms with Gasteiger partial charge in [0.2, 0.25) is 11.8 Å². The number of likely N-dealkylation sites (tertiary alicyclic amines) is 1. The van der Waals surface area contributed by atoms with Crippen LogP contribution in [0.3, 0.4) is 0 Å². The summed E-state index contributed by atoms with van der Waals surface area (Å²) in [4.78, 5) is 36.0. The first-order valence-corrected chi connectivity index (χ1v) is 9.95. The summed E-state index contributed by atoms with van der Waals surface area (Å²) in [6.45, 7) is 3.69. The Morgan fingerprint density at radius 1 is 1.27 bits per heavy atom. The highest BCUT2D eigenvalue weighted by Gasteiger charge is 2.42. The molecule has 1 saturated carbocycles. The first-order valence-electron chi connectivity index (χ1n) is 9.13. The third kappa shape index (κ3) is 3.80. The first kappa shape index (κ1) is 17.2. The van der Waals surface area contributed by atoms with Crippen LogP contribution in [0.2, 0.25) is 0 Å². The van der Waals surface area contributed by atoms with Crippen LogP contribution in [0.15, 0.2) is 36.5 Å². The molecule has 0 bridgehead atoms. The van der Waals surface area contributed by atoms with Crippen LogP contribution in [-0.4, -0.2) is 39.2 Å². The molecule has 0 radical (unpaired) electrons. The van der Waals surface area contributed by atoms with Gasteiger partial charge in [0.15, 0.2) is 0 Å². The minimum Gasteiger partial charge on any atom is -0.339 e. The number of rotatable bonds is 6. The molecule has 26 heavy (non-hydrogen) atoms. The molecule has 0 aromatic carbocycles. The molecule has 6 heteroatoms. The van der Waals surface area contributed by atoms with Gasteiger partial charge < -0.3 is 9.80 Å². The number of amides is 2. The van der Waals surface area contributed by atoms with Crippen molar-refractivity contribution in [2.75, 3.05) is 6.54 Å². The van der Waals surface area contributed by atoms with Gasteiger partial charge in [-0.25, -0.2) is 0 Å². The van der Waals surface area contributed by atoms with E-state index in [9.17, 15) is 9.59 Å². The Kier molecular flexibility index (Phi) is 4.76. The maximum Gasteiger partial charge on any atom is 0.228 e. The quantitative estimate of drug-likeness (QED) is 0.787. The lowest BCUT2D eigenvalue weighted by atomic mass is 10.1. The van der Waals surface area contributed by atoms with Crippen molar-refractivity contribution in [3.63, 3.8) is 0 Å². The average molecular weight is 369 g/mol. The van der Waals surface area contributed by atoms with Crippen LogP contribution < -0.4 is 0 Å². The van der Waals surface area contributed by atoms with E-state index in [2.05, 4.69) is 24.0 Å². The molecule has 3 heterocycles. The van der Waals surface area contributed by atoms with E-state index in [4.69, 9.17) is 0 Å². The lowest BCUT2D eigenvalue weighted by Crippen LogP contribution is -2.37. The molecule has 2 fully saturated rings. The highest BCUT2D eigenvalue weighted by Crippen LogP contribution is 2.33. The van der Waals surface area contributed by atoms with Crippen LogP contribution in [0, 0.1) is 12.8 Å². The van der Waals surface area contributed by atoms with E-state index in [1.165, 1.54) is 4.88 Å². The molecule has 2 aliphatic rings. The fourth-order valence-corrected chi connectivity index (χ4v) is 4.46. The van der Waals surface area contributed by atoms with Crippen LogP contribution in [0.5, 0.6) is 0 Å². The van der Waals surface area contributed by atoms with E-state index in [-0.39, 0.29) is 17.7 Å². The van der Waals surface area contributed by atoms with E-state index >= 15 is 0 Å². The fraction of sp³-hybridized carbons (Fsp3) is 0.450. The summed E-state index contributed by atoms with van der Waals surface area (Å²) in [7, 11) is 0. The molecular formula is C20H23N3O2S. The number of thiophene rings is 1. The zero-order valence-corrected chi connectivity index (χ0v) is 15.7. The second-order valence-corrected chi connectivity index (χ2v) is 8.58. The summed E-state index contributed by atoms with van der Waals surface area (Å²) in [6, 6.07) is 10.3. The molecule has 1 aliphatic heterocycles. The largest absolute Gasteiger partial charge is 0.339 e. The molecule has 1 saturated heterocycles. The number of aryl methyl sites for hydroxylation is 1. The molecule has 5 nitrogen and oxygen atoms in total. The molecule has 1 unspecified atom stereocenters. The Balaban J connectivity index is 1.51. The number of pyridine rings is 1. The smallest absolute Gasteiger partial charge is 0.228 e. The normalized spacial score (nSPS) is 19.8. The third-order valence-corrected chi connectivity index (χ3v) is 6.01. The first-order chi connectivity index (χ1) is 12.6. The number of hydrogen-bond acceptors (Lipinski definition) is 4. The van der Waals surface area contributed by atoms with E-state index in [1.54, 1.807) is 17.5 Å². The number of carbonyl (C=O) groups excluding carboxylic acids is 2. The van der Waals surface area contributed by atoms with Gasteiger partial charge in [-0.1, -0.05) is 6.07 Å². The summed E-state index contributed by atoms with van der Waals surface area (Å²) in [5.41, 5.74) is 0.873. The van der Waals surface area contributed by atoms with Crippen LogP contribution in [-0.2, 0) is 22.7 Å². The highest BCUT2D eigenvalue weighted by atomic mass is 32.1. The maximum atomic E-state index is 13.2.